The van der Waals surface area contributed by atoms with Crippen LogP contribution in [0, 0.1) is 5.41 Å². The van der Waals surface area contributed by atoms with Crippen molar-refractivity contribution < 1.29 is 13.2 Å². The van der Waals surface area contributed by atoms with Crippen LogP contribution in [0.25, 0.3) is 0 Å². The molecule has 0 aliphatic heterocycles. The quantitative estimate of drug-likeness (QED) is 0.654. The van der Waals surface area contributed by atoms with Gasteiger partial charge in [0.25, 0.3) is 0 Å². The van der Waals surface area contributed by atoms with Gasteiger partial charge in [0.2, 0.25) is 0 Å². The zero-order chi connectivity index (χ0) is 20.2. The van der Waals surface area contributed by atoms with Crippen LogP contribution in [0.1, 0.15) is 27.7 Å². The molecular weight excluding hydrogens is 393 g/mol. The number of rotatable bonds is 3. The molecule has 0 radical (unpaired) electrons. The molecule has 1 heterocycles. The first-order valence-electron chi connectivity index (χ1n) is 8.05. The van der Waals surface area contributed by atoms with Crippen molar-refractivity contribution in [2.45, 2.75) is 32.6 Å². The first kappa shape index (κ1) is 24.9. The third-order valence-electron chi connectivity index (χ3n) is 2.60. The molecule has 0 saturated heterocycles. The van der Waals surface area contributed by atoms with Crippen LogP contribution >= 0.6 is 23.2 Å². The molecule has 0 unspecified atom stereocenters. The normalized spacial score (nSPS) is 10.9. The Kier molecular flexibility index (Phi) is 11.7. The van der Waals surface area contributed by atoms with Crippen molar-refractivity contribution in [3.05, 3.63) is 58.8 Å². The second-order valence-corrected chi connectivity index (χ2v) is 9.40. The molecule has 1 aromatic heterocycles. The van der Waals surface area contributed by atoms with Gasteiger partial charge in [0, 0.05) is 30.3 Å². The minimum absolute atomic E-state index is 0.0664. The Morgan fingerprint density at radius 1 is 1.08 bits per heavy atom. The SMILES string of the molecule is CCOCC(C)(C)C.CS(=O)(=O)c1cc(Cl)ccc1Cl.c1ccncc1. The average molecular weight is 420 g/mol. The Hall–Kier alpha value is -1.14. The Labute approximate surface area is 167 Å². The average Bonchev–Trinajstić information content (AvgIpc) is 2.56. The highest BCUT2D eigenvalue weighted by Crippen LogP contribution is 2.24. The fourth-order valence-corrected chi connectivity index (χ4v) is 3.02. The summed E-state index contributed by atoms with van der Waals surface area (Å²) in [5.74, 6) is 0. The van der Waals surface area contributed by atoms with E-state index in [0.717, 1.165) is 19.5 Å². The molecule has 26 heavy (non-hydrogen) atoms. The van der Waals surface area contributed by atoms with Gasteiger partial charge in [-0.1, -0.05) is 50.0 Å². The van der Waals surface area contributed by atoms with E-state index < -0.39 is 9.84 Å². The summed E-state index contributed by atoms with van der Waals surface area (Å²) in [5.41, 5.74) is 0.329. The lowest BCUT2D eigenvalue weighted by atomic mass is 9.99. The lowest BCUT2D eigenvalue weighted by Crippen LogP contribution is -2.14. The molecule has 0 atom stereocenters. The van der Waals surface area contributed by atoms with Gasteiger partial charge in [-0.05, 0) is 42.7 Å². The van der Waals surface area contributed by atoms with Gasteiger partial charge in [0.05, 0.1) is 16.5 Å². The smallest absolute Gasteiger partial charge is 0.177 e. The zero-order valence-corrected chi connectivity index (χ0v) is 18.2. The van der Waals surface area contributed by atoms with Gasteiger partial charge in [-0.2, -0.15) is 0 Å². The molecule has 0 N–H and O–H groups in total. The first-order chi connectivity index (χ1) is 12.0. The second kappa shape index (κ2) is 12.3. The molecule has 1 aromatic carbocycles. The van der Waals surface area contributed by atoms with E-state index in [1.165, 1.54) is 12.1 Å². The maximum Gasteiger partial charge on any atom is 0.177 e. The summed E-state index contributed by atoms with van der Waals surface area (Å²) in [4.78, 5) is 3.85. The Balaban J connectivity index is 0.000000387. The summed E-state index contributed by atoms with van der Waals surface area (Å²) in [6, 6.07) is 10.0. The maximum absolute atomic E-state index is 11.1. The third kappa shape index (κ3) is 13.1. The number of pyridine rings is 1. The fourth-order valence-electron chi connectivity index (χ4n) is 1.48. The molecule has 7 heteroatoms. The minimum atomic E-state index is -3.27. The van der Waals surface area contributed by atoms with Crippen molar-refractivity contribution in [3.63, 3.8) is 0 Å². The molecule has 2 aromatic rings. The van der Waals surface area contributed by atoms with Gasteiger partial charge in [-0.15, -0.1) is 0 Å². The van der Waals surface area contributed by atoms with Crippen molar-refractivity contribution in [2.24, 2.45) is 5.41 Å². The van der Waals surface area contributed by atoms with E-state index in [4.69, 9.17) is 27.9 Å². The third-order valence-corrected chi connectivity index (χ3v) is 4.41. The predicted molar refractivity (Wildman–Crippen MR) is 110 cm³/mol. The zero-order valence-electron chi connectivity index (χ0n) is 15.9. The summed E-state index contributed by atoms with van der Waals surface area (Å²) in [5, 5.41) is 0.557. The number of hydrogen-bond donors (Lipinski definition) is 0. The van der Waals surface area contributed by atoms with E-state index in [1.807, 2.05) is 25.1 Å². The van der Waals surface area contributed by atoms with Crippen LogP contribution in [0.15, 0.2) is 53.7 Å². The molecular formula is C19H27Cl2NO3S. The van der Waals surface area contributed by atoms with Crippen molar-refractivity contribution in [2.75, 3.05) is 19.5 Å². The van der Waals surface area contributed by atoms with Crippen LogP contribution < -0.4 is 0 Å². The highest BCUT2D eigenvalue weighted by Gasteiger charge is 2.11. The minimum Gasteiger partial charge on any atom is -0.381 e. The van der Waals surface area contributed by atoms with Crippen LogP contribution in [0.2, 0.25) is 10.0 Å². The van der Waals surface area contributed by atoms with Crippen LogP contribution in [-0.2, 0) is 14.6 Å². The van der Waals surface area contributed by atoms with Crippen molar-refractivity contribution in [1.29, 1.82) is 0 Å². The number of ether oxygens (including phenoxy) is 1. The van der Waals surface area contributed by atoms with Gasteiger partial charge in [0.15, 0.2) is 9.84 Å². The first-order valence-corrected chi connectivity index (χ1v) is 10.7. The lowest BCUT2D eigenvalue weighted by Gasteiger charge is -2.16. The Morgan fingerprint density at radius 2 is 1.65 bits per heavy atom. The summed E-state index contributed by atoms with van der Waals surface area (Å²) in [6.07, 6.45) is 4.59. The summed E-state index contributed by atoms with van der Waals surface area (Å²) >= 11 is 11.2. The molecule has 0 amide bonds. The summed E-state index contributed by atoms with van der Waals surface area (Å²) < 4.78 is 27.3. The molecule has 0 bridgehead atoms. The standard InChI is InChI=1S/C7H6Cl2O2S.C7H16O.C5H5N/c1-12(10,11)7-4-5(8)2-3-6(7)9;1-5-8-6-7(2,3)4;1-2-4-6-5-3-1/h2-4H,1H3;5-6H2,1-4H3;1-5H. The van der Waals surface area contributed by atoms with Gasteiger partial charge in [-0.25, -0.2) is 8.42 Å². The Morgan fingerprint density at radius 3 is 1.92 bits per heavy atom. The van der Waals surface area contributed by atoms with Crippen LogP contribution in [-0.4, -0.2) is 32.9 Å². The molecule has 0 fully saturated rings. The second-order valence-electron chi connectivity index (χ2n) is 6.57. The highest BCUT2D eigenvalue weighted by atomic mass is 35.5. The number of benzene rings is 1. The van der Waals surface area contributed by atoms with Crippen molar-refractivity contribution in [3.8, 4) is 0 Å². The van der Waals surface area contributed by atoms with Gasteiger partial charge in [-0.3, -0.25) is 4.98 Å². The van der Waals surface area contributed by atoms with Gasteiger partial charge < -0.3 is 4.74 Å². The largest absolute Gasteiger partial charge is 0.381 e. The summed E-state index contributed by atoms with van der Waals surface area (Å²) in [6.45, 7) is 10.2. The topological polar surface area (TPSA) is 56.3 Å². The Bertz CT molecular complexity index is 703. The molecule has 0 saturated carbocycles. The van der Waals surface area contributed by atoms with Crippen molar-refractivity contribution >= 4 is 33.0 Å². The molecule has 0 aliphatic carbocycles. The molecule has 2 rings (SSSR count). The highest BCUT2D eigenvalue weighted by molar-refractivity contribution is 7.90. The lowest BCUT2D eigenvalue weighted by molar-refractivity contribution is 0.0805. The monoisotopic (exact) mass is 419 g/mol. The van der Waals surface area contributed by atoms with E-state index in [9.17, 15) is 8.42 Å². The van der Waals surface area contributed by atoms with Gasteiger partial charge in [0.1, 0.15) is 0 Å². The number of sulfone groups is 1. The van der Waals surface area contributed by atoms with E-state index in [-0.39, 0.29) is 9.92 Å². The van der Waals surface area contributed by atoms with Crippen LogP contribution in [0.5, 0.6) is 0 Å². The molecule has 146 valence electrons. The molecule has 0 spiro atoms. The van der Waals surface area contributed by atoms with E-state index in [0.29, 0.717) is 10.4 Å². The van der Waals surface area contributed by atoms with Crippen LogP contribution in [0.3, 0.4) is 0 Å². The number of halogens is 2. The number of hydrogen-bond acceptors (Lipinski definition) is 4. The van der Waals surface area contributed by atoms with E-state index >= 15 is 0 Å². The molecule has 4 nitrogen and oxygen atoms in total. The van der Waals surface area contributed by atoms with Gasteiger partial charge >= 0.3 is 0 Å². The fraction of sp³-hybridized carbons (Fsp3) is 0.421. The van der Waals surface area contributed by atoms with Crippen LogP contribution in [0.4, 0.5) is 0 Å². The predicted octanol–water partition coefficient (Wildman–Crippen LogP) is 5.55. The number of aromatic nitrogens is 1. The molecule has 0 aliphatic rings. The summed E-state index contributed by atoms with van der Waals surface area (Å²) in [7, 11) is -3.27. The van der Waals surface area contributed by atoms with E-state index in [1.54, 1.807) is 18.5 Å². The van der Waals surface area contributed by atoms with Crippen molar-refractivity contribution in [1.82, 2.24) is 4.98 Å². The number of nitrogens with zero attached hydrogens (tertiary/aromatic N) is 1. The maximum atomic E-state index is 11.1. The van der Waals surface area contributed by atoms with E-state index in [2.05, 4.69) is 25.8 Å².